The number of ether oxygens (including phenoxy) is 2. The molecule has 0 unspecified atom stereocenters. The molecule has 0 aromatic heterocycles. The van der Waals surface area contributed by atoms with Crippen LogP contribution >= 0.6 is 0 Å². The maximum atomic E-state index is 12.0. The van der Waals surface area contributed by atoms with E-state index in [9.17, 15) is 4.79 Å². The zero-order chi connectivity index (χ0) is 13.7. The first kappa shape index (κ1) is 13.0. The van der Waals surface area contributed by atoms with Crippen LogP contribution in [0.4, 0.5) is 5.69 Å². The second kappa shape index (κ2) is 5.91. The number of Topliss-reactive ketones (excluding diaryl/α,β-unsaturated/α-hetero) is 1. The Balaban J connectivity index is 2.03. The summed E-state index contributed by atoms with van der Waals surface area (Å²) >= 11 is 0. The molecule has 4 heteroatoms. The van der Waals surface area contributed by atoms with Crippen molar-refractivity contribution in [2.75, 3.05) is 19.5 Å². The number of benzene rings is 2. The lowest BCUT2D eigenvalue weighted by Crippen LogP contribution is -2.12. The van der Waals surface area contributed by atoms with E-state index in [0.29, 0.717) is 22.7 Å². The summed E-state index contributed by atoms with van der Waals surface area (Å²) in [5, 5.41) is 0. The average molecular weight is 257 g/mol. The molecule has 0 saturated heterocycles. The predicted octanol–water partition coefficient (Wildman–Crippen LogP) is 2.54. The molecule has 4 nitrogen and oxygen atoms in total. The number of rotatable bonds is 5. The first-order valence-corrected chi connectivity index (χ1v) is 5.85. The monoisotopic (exact) mass is 257 g/mol. The van der Waals surface area contributed by atoms with Gasteiger partial charge in [0.15, 0.2) is 12.4 Å². The van der Waals surface area contributed by atoms with Crippen LogP contribution in [0.3, 0.4) is 0 Å². The third kappa shape index (κ3) is 3.25. The van der Waals surface area contributed by atoms with E-state index in [1.54, 1.807) is 43.5 Å². The Labute approximate surface area is 111 Å². The number of hydrogen-bond acceptors (Lipinski definition) is 4. The lowest BCUT2D eigenvalue weighted by atomic mass is 10.1. The summed E-state index contributed by atoms with van der Waals surface area (Å²) in [6.07, 6.45) is 0. The first-order valence-electron chi connectivity index (χ1n) is 5.85. The summed E-state index contributed by atoms with van der Waals surface area (Å²) in [5.41, 5.74) is 6.80. The molecule has 2 N–H and O–H groups in total. The molecule has 0 atom stereocenters. The van der Waals surface area contributed by atoms with Crippen LogP contribution in [0, 0.1) is 0 Å². The third-order valence-electron chi connectivity index (χ3n) is 2.67. The van der Waals surface area contributed by atoms with Gasteiger partial charge in [0.25, 0.3) is 0 Å². The second-order valence-electron chi connectivity index (χ2n) is 3.98. The Morgan fingerprint density at radius 2 is 1.95 bits per heavy atom. The topological polar surface area (TPSA) is 61.5 Å². The molecule has 98 valence electrons. The van der Waals surface area contributed by atoms with Crippen molar-refractivity contribution in [3.8, 4) is 11.5 Å². The van der Waals surface area contributed by atoms with Gasteiger partial charge in [0, 0.05) is 5.56 Å². The summed E-state index contributed by atoms with van der Waals surface area (Å²) in [6.45, 7) is -0.0542. The van der Waals surface area contributed by atoms with E-state index in [1.165, 1.54) is 0 Å². The van der Waals surface area contributed by atoms with Gasteiger partial charge in [-0.15, -0.1) is 0 Å². The maximum Gasteiger partial charge on any atom is 0.200 e. The van der Waals surface area contributed by atoms with Crippen LogP contribution in [0.25, 0.3) is 0 Å². The molecule has 0 amide bonds. The average Bonchev–Trinajstić information content (AvgIpc) is 2.46. The van der Waals surface area contributed by atoms with Crippen LogP contribution in [0.15, 0.2) is 48.5 Å². The molecule has 0 aliphatic rings. The van der Waals surface area contributed by atoms with E-state index < -0.39 is 0 Å². The van der Waals surface area contributed by atoms with Crippen LogP contribution in [-0.2, 0) is 0 Å². The van der Waals surface area contributed by atoms with Crippen molar-refractivity contribution in [1.29, 1.82) is 0 Å². The molecular formula is C15H15NO3. The normalized spacial score (nSPS) is 9.95. The van der Waals surface area contributed by atoms with Crippen molar-refractivity contribution in [2.45, 2.75) is 0 Å². The highest BCUT2D eigenvalue weighted by atomic mass is 16.5. The van der Waals surface area contributed by atoms with Crippen molar-refractivity contribution in [3.63, 3.8) is 0 Å². The maximum absolute atomic E-state index is 12.0. The highest BCUT2D eigenvalue weighted by Gasteiger charge is 2.08. The van der Waals surface area contributed by atoms with Gasteiger partial charge in [0.1, 0.15) is 11.5 Å². The van der Waals surface area contributed by atoms with Crippen molar-refractivity contribution in [2.24, 2.45) is 0 Å². The number of ketones is 1. The predicted molar refractivity (Wildman–Crippen MR) is 73.7 cm³/mol. The molecule has 0 fully saturated rings. The molecule has 0 aliphatic heterocycles. The van der Waals surface area contributed by atoms with Crippen LogP contribution in [0.1, 0.15) is 10.4 Å². The van der Waals surface area contributed by atoms with E-state index in [2.05, 4.69) is 0 Å². The van der Waals surface area contributed by atoms with Crippen molar-refractivity contribution in [1.82, 2.24) is 0 Å². The standard InChI is InChI=1S/C15H15NO3/c1-18-12-6-4-5-11(9-12)14(17)10-19-15-8-3-2-7-13(15)16/h2-9H,10,16H2,1H3. The third-order valence-corrected chi connectivity index (χ3v) is 2.67. The minimum Gasteiger partial charge on any atom is -0.497 e. The molecular weight excluding hydrogens is 242 g/mol. The van der Waals surface area contributed by atoms with Gasteiger partial charge in [-0.3, -0.25) is 4.79 Å². The number of nitrogen functional groups attached to an aromatic ring is 1. The summed E-state index contributed by atoms with van der Waals surface area (Å²) < 4.78 is 10.5. The molecule has 19 heavy (non-hydrogen) atoms. The number of methoxy groups -OCH3 is 1. The van der Waals surface area contributed by atoms with Crippen LogP contribution in [0.5, 0.6) is 11.5 Å². The van der Waals surface area contributed by atoms with Gasteiger partial charge < -0.3 is 15.2 Å². The van der Waals surface area contributed by atoms with E-state index >= 15 is 0 Å². The number of nitrogens with two attached hydrogens (primary N) is 1. The Morgan fingerprint density at radius 1 is 1.16 bits per heavy atom. The molecule has 0 saturated carbocycles. The smallest absolute Gasteiger partial charge is 0.200 e. The molecule has 0 spiro atoms. The van der Waals surface area contributed by atoms with Gasteiger partial charge in [-0.2, -0.15) is 0 Å². The van der Waals surface area contributed by atoms with Gasteiger partial charge in [0.05, 0.1) is 12.8 Å². The number of anilines is 1. The minimum atomic E-state index is -0.123. The molecule has 0 aliphatic carbocycles. The molecule has 2 aromatic carbocycles. The van der Waals surface area contributed by atoms with Gasteiger partial charge in [0.2, 0.25) is 0 Å². The lowest BCUT2D eigenvalue weighted by Gasteiger charge is -2.08. The number of carbonyl (C=O) groups excluding carboxylic acids is 1. The molecule has 2 rings (SSSR count). The second-order valence-corrected chi connectivity index (χ2v) is 3.98. The minimum absolute atomic E-state index is 0.0542. The number of para-hydroxylation sites is 2. The number of carbonyl (C=O) groups is 1. The lowest BCUT2D eigenvalue weighted by molar-refractivity contribution is 0.0922. The van der Waals surface area contributed by atoms with Crippen molar-refractivity contribution < 1.29 is 14.3 Å². The van der Waals surface area contributed by atoms with Crippen LogP contribution < -0.4 is 15.2 Å². The fourth-order valence-corrected chi connectivity index (χ4v) is 1.64. The zero-order valence-electron chi connectivity index (χ0n) is 10.6. The SMILES string of the molecule is COc1cccc(C(=O)COc2ccccc2N)c1. The van der Waals surface area contributed by atoms with Gasteiger partial charge in [-0.05, 0) is 24.3 Å². The zero-order valence-corrected chi connectivity index (χ0v) is 10.6. The van der Waals surface area contributed by atoms with Gasteiger partial charge in [-0.1, -0.05) is 24.3 Å². The Bertz CT molecular complexity index is 581. The van der Waals surface area contributed by atoms with Gasteiger partial charge in [-0.25, -0.2) is 0 Å². The van der Waals surface area contributed by atoms with E-state index in [1.807, 2.05) is 12.1 Å². The fraction of sp³-hybridized carbons (Fsp3) is 0.133. The number of hydrogen-bond donors (Lipinski definition) is 1. The summed E-state index contributed by atoms with van der Waals surface area (Å²) in [7, 11) is 1.56. The molecule has 0 heterocycles. The molecule has 0 radical (unpaired) electrons. The van der Waals surface area contributed by atoms with Crippen LogP contribution in [-0.4, -0.2) is 19.5 Å². The quantitative estimate of drug-likeness (QED) is 0.660. The Hall–Kier alpha value is -2.49. The molecule has 2 aromatic rings. The van der Waals surface area contributed by atoms with Gasteiger partial charge >= 0.3 is 0 Å². The van der Waals surface area contributed by atoms with Crippen molar-refractivity contribution in [3.05, 3.63) is 54.1 Å². The van der Waals surface area contributed by atoms with E-state index in [-0.39, 0.29) is 12.4 Å². The van der Waals surface area contributed by atoms with E-state index in [4.69, 9.17) is 15.2 Å². The fourth-order valence-electron chi connectivity index (χ4n) is 1.64. The van der Waals surface area contributed by atoms with E-state index in [0.717, 1.165) is 0 Å². The first-order chi connectivity index (χ1) is 9.20. The highest BCUT2D eigenvalue weighted by molar-refractivity contribution is 5.97. The Kier molecular flexibility index (Phi) is 4.03. The highest BCUT2D eigenvalue weighted by Crippen LogP contribution is 2.20. The summed E-state index contributed by atoms with van der Waals surface area (Å²) in [6, 6.07) is 14.0. The summed E-state index contributed by atoms with van der Waals surface area (Å²) in [4.78, 5) is 12.0. The summed E-state index contributed by atoms with van der Waals surface area (Å²) in [5.74, 6) is 1.03. The Morgan fingerprint density at radius 3 is 2.68 bits per heavy atom. The molecule has 0 bridgehead atoms. The van der Waals surface area contributed by atoms with Crippen LogP contribution in [0.2, 0.25) is 0 Å². The van der Waals surface area contributed by atoms with Crippen molar-refractivity contribution >= 4 is 11.5 Å². The largest absolute Gasteiger partial charge is 0.497 e.